The summed E-state index contributed by atoms with van der Waals surface area (Å²) in [6.45, 7) is 4.41. The fourth-order valence-electron chi connectivity index (χ4n) is 2.46. The number of carbonyl (C=O) groups is 1. The molecule has 1 N–H and O–H groups in total. The number of hydrogen-bond donors (Lipinski definition) is 1. The van der Waals surface area contributed by atoms with Crippen LogP contribution in [0.4, 0.5) is 5.69 Å². The van der Waals surface area contributed by atoms with Crippen LogP contribution >= 0.6 is 0 Å². The number of hydrogen-bond acceptors (Lipinski definition) is 1. The summed E-state index contributed by atoms with van der Waals surface area (Å²) in [5.41, 5.74) is 3.24. The Labute approximate surface area is 130 Å². The molecule has 0 spiro atoms. The van der Waals surface area contributed by atoms with E-state index in [1.165, 1.54) is 16.5 Å². The highest BCUT2D eigenvalue weighted by Crippen LogP contribution is 2.14. The molecular weight excluding hydrogens is 272 g/mol. The number of anilines is 1. The lowest BCUT2D eigenvalue weighted by Crippen LogP contribution is -2.39. The monoisotopic (exact) mass is 291 g/mol. The standard InChI is InChI=1S/C19H18N2O/c1-14-7-8-18(11-15(14)2)20-19(22)13-21-10-9-16-5-3-4-6-17(16)12-21/h3-12H,13H2,1-2H3/p+1. The molecule has 0 aliphatic rings. The molecule has 0 saturated heterocycles. The molecule has 3 nitrogen and oxygen atoms in total. The molecule has 3 rings (SSSR count). The number of amides is 1. The smallest absolute Gasteiger partial charge is 0.290 e. The lowest BCUT2D eigenvalue weighted by Gasteiger charge is -2.06. The molecule has 0 atom stereocenters. The number of nitrogens with one attached hydrogen (secondary N) is 1. The van der Waals surface area contributed by atoms with Crippen LogP contribution in [0.15, 0.2) is 60.9 Å². The van der Waals surface area contributed by atoms with Gasteiger partial charge in [0.15, 0.2) is 12.4 Å². The van der Waals surface area contributed by atoms with Crippen molar-refractivity contribution in [1.29, 1.82) is 0 Å². The molecule has 3 heteroatoms. The van der Waals surface area contributed by atoms with E-state index < -0.39 is 0 Å². The van der Waals surface area contributed by atoms with Gasteiger partial charge in [-0.3, -0.25) is 4.79 Å². The first-order valence-corrected chi connectivity index (χ1v) is 7.37. The second kappa shape index (κ2) is 5.98. The largest absolute Gasteiger partial charge is 0.321 e. The summed E-state index contributed by atoms with van der Waals surface area (Å²) in [4.78, 5) is 12.2. The summed E-state index contributed by atoms with van der Waals surface area (Å²) in [5.74, 6) is -0.0245. The number of carbonyl (C=O) groups excluding carboxylic acids is 1. The van der Waals surface area contributed by atoms with E-state index in [4.69, 9.17) is 0 Å². The minimum Gasteiger partial charge on any atom is -0.321 e. The van der Waals surface area contributed by atoms with E-state index in [1.807, 2.05) is 66.3 Å². The van der Waals surface area contributed by atoms with Crippen molar-refractivity contribution in [2.75, 3.05) is 5.32 Å². The van der Waals surface area contributed by atoms with Crippen molar-refractivity contribution in [3.63, 3.8) is 0 Å². The number of aromatic nitrogens is 1. The number of benzene rings is 2. The highest BCUT2D eigenvalue weighted by Gasteiger charge is 2.10. The highest BCUT2D eigenvalue weighted by molar-refractivity contribution is 5.90. The fourth-order valence-corrected chi connectivity index (χ4v) is 2.46. The third-order valence-corrected chi connectivity index (χ3v) is 3.86. The molecule has 1 amide bonds. The highest BCUT2D eigenvalue weighted by atomic mass is 16.1. The molecule has 1 heterocycles. The first-order chi connectivity index (χ1) is 10.6. The van der Waals surface area contributed by atoms with Crippen LogP contribution in [0.5, 0.6) is 0 Å². The first kappa shape index (κ1) is 14.3. The molecule has 0 fully saturated rings. The molecule has 2 aromatic carbocycles. The van der Waals surface area contributed by atoms with Crippen LogP contribution in [0.2, 0.25) is 0 Å². The minimum absolute atomic E-state index is 0.0245. The summed E-state index contributed by atoms with van der Waals surface area (Å²) in [6.07, 6.45) is 3.93. The Morgan fingerprint density at radius 3 is 2.55 bits per heavy atom. The fraction of sp³-hybridized carbons (Fsp3) is 0.158. The van der Waals surface area contributed by atoms with Gasteiger partial charge in [-0.15, -0.1) is 0 Å². The summed E-state index contributed by atoms with van der Waals surface area (Å²) in [7, 11) is 0. The van der Waals surface area contributed by atoms with Gasteiger partial charge in [-0.05, 0) is 48.6 Å². The molecule has 0 saturated carbocycles. The van der Waals surface area contributed by atoms with E-state index >= 15 is 0 Å². The van der Waals surface area contributed by atoms with Gasteiger partial charge in [0.2, 0.25) is 6.54 Å². The number of aryl methyl sites for hydroxylation is 2. The third-order valence-electron chi connectivity index (χ3n) is 3.86. The van der Waals surface area contributed by atoms with E-state index in [-0.39, 0.29) is 5.91 Å². The van der Waals surface area contributed by atoms with Crippen LogP contribution in [0.3, 0.4) is 0 Å². The van der Waals surface area contributed by atoms with E-state index in [2.05, 4.69) is 18.3 Å². The van der Waals surface area contributed by atoms with E-state index in [0.717, 1.165) is 11.1 Å². The van der Waals surface area contributed by atoms with Crippen molar-refractivity contribution in [2.24, 2.45) is 0 Å². The second-order valence-electron chi connectivity index (χ2n) is 5.59. The molecule has 22 heavy (non-hydrogen) atoms. The zero-order chi connectivity index (χ0) is 15.5. The Kier molecular flexibility index (Phi) is 3.88. The van der Waals surface area contributed by atoms with Crippen molar-refractivity contribution >= 4 is 22.4 Å². The maximum Gasteiger partial charge on any atom is 0.290 e. The predicted molar refractivity (Wildman–Crippen MR) is 88.7 cm³/mol. The number of rotatable bonds is 3. The molecule has 0 aliphatic carbocycles. The van der Waals surface area contributed by atoms with Crippen molar-refractivity contribution in [3.05, 3.63) is 72.1 Å². The molecule has 0 bridgehead atoms. The van der Waals surface area contributed by atoms with Crippen molar-refractivity contribution in [2.45, 2.75) is 20.4 Å². The Morgan fingerprint density at radius 2 is 1.77 bits per heavy atom. The van der Waals surface area contributed by atoms with E-state index in [0.29, 0.717) is 6.54 Å². The van der Waals surface area contributed by atoms with Crippen LogP contribution in [0, 0.1) is 13.8 Å². The molecule has 0 radical (unpaired) electrons. The molecule has 0 unspecified atom stereocenters. The summed E-state index contributed by atoms with van der Waals surface area (Å²) in [6, 6.07) is 16.1. The van der Waals surface area contributed by atoms with Crippen molar-refractivity contribution < 1.29 is 9.36 Å². The number of fused-ring (bicyclic) bond motifs is 1. The number of nitrogens with zero attached hydrogens (tertiary/aromatic N) is 1. The van der Waals surface area contributed by atoms with Gasteiger partial charge in [0.05, 0.1) is 0 Å². The van der Waals surface area contributed by atoms with E-state index in [1.54, 1.807) is 0 Å². The first-order valence-electron chi connectivity index (χ1n) is 7.37. The SMILES string of the molecule is Cc1ccc(NC(=O)C[n+]2ccc3ccccc3c2)cc1C. The molecule has 0 aliphatic heterocycles. The maximum absolute atomic E-state index is 12.2. The van der Waals surface area contributed by atoms with Crippen LogP contribution in [-0.2, 0) is 11.3 Å². The van der Waals surface area contributed by atoms with E-state index in [9.17, 15) is 4.79 Å². The normalized spacial score (nSPS) is 10.6. The lowest BCUT2D eigenvalue weighted by atomic mass is 10.1. The van der Waals surface area contributed by atoms with Gasteiger partial charge < -0.3 is 5.32 Å². The number of pyridine rings is 1. The topological polar surface area (TPSA) is 33.0 Å². The average molecular weight is 291 g/mol. The summed E-state index contributed by atoms with van der Waals surface area (Å²) in [5, 5.41) is 5.25. The molecule has 1 aromatic heterocycles. The van der Waals surface area contributed by atoms with Crippen LogP contribution in [-0.4, -0.2) is 5.91 Å². The Bertz CT molecular complexity index is 840. The molecular formula is C19H19N2O+. The predicted octanol–water partition coefficient (Wildman–Crippen LogP) is 3.38. The van der Waals surface area contributed by atoms with Gasteiger partial charge in [-0.25, -0.2) is 0 Å². The van der Waals surface area contributed by atoms with Crippen molar-refractivity contribution in [3.8, 4) is 0 Å². The van der Waals surface area contributed by atoms with Gasteiger partial charge >= 0.3 is 0 Å². The van der Waals surface area contributed by atoms with Gasteiger partial charge in [0, 0.05) is 17.1 Å². The van der Waals surface area contributed by atoms with Gasteiger partial charge in [0.1, 0.15) is 0 Å². The Balaban J connectivity index is 1.73. The maximum atomic E-state index is 12.2. The second-order valence-corrected chi connectivity index (χ2v) is 5.59. The third kappa shape index (κ3) is 3.14. The zero-order valence-electron chi connectivity index (χ0n) is 12.8. The summed E-state index contributed by atoms with van der Waals surface area (Å²) < 4.78 is 1.90. The van der Waals surface area contributed by atoms with Gasteiger partial charge in [-0.2, -0.15) is 4.57 Å². The lowest BCUT2D eigenvalue weighted by molar-refractivity contribution is -0.682. The van der Waals surface area contributed by atoms with Crippen LogP contribution < -0.4 is 9.88 Å². The molecule has 110 valence electrons. The van der Waals surface area contributed by atoms with Crippen LogP contribution in [0.1, 0.15) is 11.1 Å². The Hall–Kier alpha value is -2.68. The average Bonchev–Trinajstić information content (AvgIpc) is 2.51. The van der Waals surface area contributed by atoms with Gasteiger partial charge in [0.25, 0.3) is 5.91 Å². The van der Waals surface area contributed by atoms with Crippen LogP contribution in [0.25, 0.3) is 10.8 Å². The summed E-state index contributed by atoms with van der Waals surface area (Å²) >= 11 is 0. The Morgan fingerprint density at radius 1 is 1.00 bits per heavy atom. The molecule has 3 aromatic rings. The van der Waals surface area contributed by atoms with Gasteiger partial charge in [-0.1, -0.05) is 24.3 Å². The minimum atomic E-state index is -0.0245. The zero-order valence-corrected chi connectivity index (χ0v) is 12.8. The quantitative estimate of drug-likeness (QED) is 0.737. The van der Waals surface area contributed by atoms with Crippen molar-refractivity contribution in [1.82, 2.24) is 0 Å².